The molecule has 0 aliphatic rings. The van der Waals surface area contributed by atoms with Crippen LogP contribution in [-0.4, -0.2) is 12.0 Å². The van der Waals surface area contributed by atoms with Crippen molar-refractivity contribution in [3.05, 3.63) is 70.1 Å². The van der Waals surface area contributed by atoms with Crippen LogP contribution in [0.1, 0.15) is 25.0 Å². The first-order valence-electron chi connectivity index (χ1n) is 8.57. The zero-order chi connectivity index (χ0) is 18.7. The molecule has 0 fully saturated rings. The van der Waals surface area contributed by atoms with Crippen LogP contribution in [0.2, 0.25) is 0 Å². The number of carbonyl (C=O) groups excluding carboxylic acids is 1. The number of hydrogen-bond acceptors (Lipinski definition) is 4. The van der Waals surface area contributed by atoms with E-state index in [2.05, 4.69) is 5.32 Å². The molecule has 0 radical (unpaired) electrons. The fraction of sp³-hybridized carbons (Fsp3) is 0.238. The van der Waals surface area contributed by atoms with Gasteiger partial charge in [-0.05, 0) is 55.7 Å². The Labute approximate surface area is 151 Å². The van der Waals surface area contributed by atoms with Gasteiger partial charge >= 0.3 is 5.63 Å². The molecule has 5 nitrogen and oxygen atoms in total. The Kier molecular flexibility index (Phi) is 5.07. The lowest BCUT2D eigenvalue weighted by atomic mass is 10.1. The van der Waals surface area contributed by atoms with Crippen molar-refractivity contribution in [2.45, 2.75) is 33.3 Å². The first-order valence-corrected chi connectivity index (χ1v) is 8.57. The van der Waals surface area contributed by atoms with Gasteiger partial charge in [0.25, 0.3) is 5.91 Å². The summed E-state index contributed by atoms with van der Waals surface area (Å²) in [6, 6.07) is 14.3. The number of ether oxygens (including phenoxy) is 1. The van der Waals surface area contributed by atoms with Gasteiger partial charge in [-0.3, -0.25) is 4.79 Å². The van der Waals surface area contributed by atoms with Crippen molar-refractivity contribution in [1.29, 1.82) is 0 Å². The van der Waals surface area contributed by atoms with Gasteiger partial charge in [0.1, 0.15) is 11.3 Å². The van der Waals surface area contributed by atoms with Crippen molar-refractivity contribution < 1.29 is 13.9 Å². The van der Waals surface area contributed by atoms with Crippen LogP contribution < -0.4 is 15.7 Å². The van der Waals surface area contributed by atoms with E-state index in [0.29, 0.717) is 11.3 Å². The molecule has 1 heterocycles. The minimum Gasteiger partial charge on any atom is -0.481 e. The van der Waals surface area contributed by atoms with Crippen molar-refractivity contribution in [2.75, 3.05) is 5.32 Å². The lowest BCUT2D eigenvalue weighted by Gasteiger charge is -2.15. The van der Waals surface area contributed by atoms with Crippen LogP contribution in [0, 0.1) is 6.92 Å². The summed E-state index contributed by atoms with van der Waals surface area (Å²) < 4.78 is 11.0. The number of nitrogens with one attached hydrogen (secondary N) is 1. The third kappa shape index (κ3) is 3.94. The molecular weight excluding hydrogens is 330 g/mol. The van der Waals surface area contributed by atoms with E-state index in [1.165, 1.54) is 6.07 Å². The highest BCUT2D eigenvalue weighted by molar-refractivity contribution is 5.94. The molecular formula is C21H21NO4. The number of anilines is 1. The van der Waals surface area contributed by atoms with Crippen LogP contribution in [0.15, 0.2) is 57.7 Å². The van der Waals surface area contributed by atoms with Crippen LogP contribution in [0.25, 0.3) is 11.0 Å². The molecule has 1 amide bonds. The average molecular weight is 351 g/mol. The van der Waals surface area contributed by atoms with Crippen LogP contribution in [-0.2, 0) is 11.2 Å². The molecule has 3 rings (SSSR count). The van der Waals surface area contributed by atoms with Gasteiger partial charge in [-0.25, -0.2) is 4.79 Å². The van der Waals surface area contributed by atoms with E-state index in [1.807, 2.05) is 44.2 Å². The van der Waals surface area contributed by atoms with Crippen LogP contribution in [0.3, 0.4) is 0 Å². The number of rotatable bonds is 5. The van der Waals surface area contributed by atoms with Crippen LogP contribution >= 0.6 is 0 Å². The first-order chi connectivity index (χ1) is 12.5. The van der Waals surface area contributed by atoms with Crippen molar-refractivity contribution in [3.8, 4) is 5.75 Å². The molecule has 1 atom stereocenters. The number of carbonyl (C=O) groups is 1. The monoisotopic (exact) mass is 351 g/mol. The van der Waals surface area contributed by atoms with E-state index in [4.69, 9.17) is 9.15 Å². The Bertz CT molecular complexity index is 1010. The number of fused-ring (bicyclic) bond motifs is 1. The van der Waals surface area contributed by atoms with Gasteiger partial charge in [-0.15, -0.1) is 0 Å². The summed E-state index contributed by atoms with van der Waals surface area (Å²) in [5, 5.41) is 3.70. The third-order valence-electron chi connectivity index (χ3n) is 4.15. The zero-order valence-electron chi connectivity index (χ0n) is 15.0. The molecule has 0 bridgehead atoms. The Morgan fingerprint density at radius 1 is 1.19 bits per heavy atom. The second-order valence-corrected chi connectivity index (χ2v) is 6.22. The van der Waals surface area contributed by atoms with Crippen LogP contribution in [0.4, 0.5) is 5.69 Å². The van der Waals surface area contributed by atoms with Gasteiger partial charge in [0.15, 0.2) is 6.10 Å². The van der Waals surface area contributed by atoms with Crippen molar-refractivity contribution in [3.63, 3.8) is 0 Å². The zero-order valence-corrected chi connectivity index (χ0v) is 15.0. The summed E-state index contributed by atoms with van der Waals surface area (Å²) >= 11 is 0. The Morgan fingerprint density at radius 2 is 2.00 bits per heavy atom. The molecule has 134 valence electrons. The number of aryl methyl sites for hydroxylation is 2. The van der Waals surface area contributed by atoms with E-state index in [0.717, 1.165) is 28.6 Å². The molecule has 3 aromatic rings. The Hall–Kier alpha value is -3.08. The molecule has 2 aromatic carbocycles. The highest BCUT2D eigenvalue weighted by Crippen LogP contribution is 2.24. The van der Waals surface area contributed by atoms with Gasteiger partial charge in [-0.1, -0.05) is 19.1 Å². The molecule has 26 heavy (non-hydrogen) atoms. The maximum atomic E-state index is 12.3. The molecule has 0 aliphatic carbocycles. The standard InChI is InChI=1S/C21H21NO4/c1-4-15-11-20(23)26-19-12-17(8-9-18(15)19)25-14(3)21(24)22-16-7-5-6-13(2)10-16/h5-12,14H,4H2,1-3H3,(H,22,24). The maximum Gasteiger partial charge on any atom is 0.336 e. The molecule has 5 heteroatoms. The lowest BCUT2D eigenvalue weighted by Crippen LogP contribution is -2.30. The highest BCUT2D eigenvalue weighted by atomic mass is 16.5. The largest absolute Gasteiger partial charge is 0.481 e. The molecule has 0 saturated heterocycles. The van der Waals surface area contributed by atoms with E-state index < -0.39 is 11.7 Å². The third-order valence-corrected chi connectivity index (χ3v) is 4.15. The Morgan fingerprint density at radius 3 is 2.73 bits per heavy atom. The van der Waals surface area contributed by atoms with Gasteiger partial charge in [0.2, 0.25) is 0 Å². The SMILES string of the molecule is CCc1cc(=O)oc2cc(OC(C)C(=O)Nc3cccc(C)c3)ccc12. The summed E-state index contributed by atoms with van der Waals surface area (Å²) in [7, 11) is 0. The van der Waals surface area contributed by atoms with Crippen LogP contribution in [0.5, 0.6) is 5.75 Å². The molecule has 0 aliphatic heterocycles. The van der Waals surface area contributed by atoms with Crippen molar-refractivity contribution in [2.24, 2.45) is 0 Å². The van der Waals surface area contributed by atoms with Gasteiger partial charge < -0.3 is 14.5 Å². The predicted molar refractivity (Wildman–Crippen MR) is 102 cm³/mol. The quantitative estimate of drug-likeness (QED) is 0.704. The fourth-order valence-electron chi connectivity index (χ4n) is 2.80. The van der Waals surface area contributed by atoms with Crippen molar-refractivity contribution >= 4 is 22.6 Å². The summed E-state index contributed by atoms with van der Waals surface area (Å²) in [5.41, 5.74) is 2.78. The summed E-state index contributed by atoms with van der Waals surface area (Å²) in [6.45, 7) is 5.62. The van der Waals surface area contributed by atoms with Gasteiger partial charge in [0, 0.05) is 23.2 Å². The molecule has 0 spiro atoms. The maximum absolute atomic E-state index is 12.3. The highest BCUT2D eigenvalue weighted by Gasteiger charge is 2.16. The Balaban J connectivity index is 1.77. The molecule has 0 saturated carbocycles. The molecule has 1 N–H and O–H groups in total. The van der Waals surface area contributed by atoms with E-state index in [9.17, 15) is 9.59 Å². The van der Waals surface area contributed by atoms with E-state index in [-0.39, 0.29) is 5.91 Å². The van der Waals surface area contributed by atoms with Gasteiger partial charge in [-0.2, -0.15) is 0 Å². The summed E-state index contributed by atoms with van der Waals surface area (Å²) in [4.78, 5) is 24.0. The van der Waals surface area contributed by atoms with Gasteiger partial charge in [0.05, 0.1) is 0 Å². The van der Waals surface area contributed by atoms with E-state index >= 15 is 0 Å². The van der Waals surface area contributed by atoms with E-state index in [1.54, 1.807) is 19.1 Å². The minimum absolute atomic E-state index is 0.251. The summed E-state index contributed by atoms with van der Waals surface area (Å²) in [5.74, 6) is 0.222. The smallest absolute Gasteiger partial charge is 0.336 e. The fourth-order valence-corrected chi connectivity index (χ4v) is 2.80. The second kappa shape index (κ2) is 7.44. The summed E-state index contributed by atoms with van der Waals surface area (Å²) in [6.07, 6.45) is 0.0338. The average Bonchev–Trinajstić information content (AvgIpc) is 2.60. The minimum atomic E-state index is -0.700. The lowest BCUT2D eigenvalue weighted by molar-refractivity contribution is -0.122. The first kappa shape index (κ1) is 17.7. The molecule has 1 unspecified atom stereocenters. The normalized spacial score (nSPS) is 12.0. The number of hydrogen-bond donors (Lipinski definition) is 1. The number of amides is 1. The second-order valence-electron chi connectivity index (χ2n) is 6.22. The number of benzene rings is 2. The van der Waals surface area contributed by atoms with Crippen molar-refractivity contribution in [1.82, 2.24) is 0 Å². The molecule has 1 aromatic heterocycles. The topological polar surface area (TPSA) is 68.5 Å². The predicted octanol–water partition coefficient (Wildman–Crippen LogP) is 4.07.